The van der Waals surface area contributed by atoms with Crippen LogP contribution in [0.25, 0.3) is 104 Å². The van der Waals surface area contributed by atoms with Crippen LogP contribution in [0.3, 0.4) is 0 Å². The van der Waals surface area contributed by atoms with Gasteiger partial charge >= 0.3 is 6.18 Å². The third-order valence-electron chi connectivity index (χ3n) is 13.5. The van der Waals surface area contributed by atoms with Gasteiger partial charge in [0.1, 0.15) is 0 Å². The average molecular weight is 876 g/mol. The highest BCUT2D eigenvalue weighted by Crippen LogP contribution is 2.48. The van der Waals surface area contributed by atoms with Crippen LogP contribution in [0.5, 0.6) is 0 Å². The van der Waals surface area contributed by atoms with Gasteiger partial charge in [0.2, 0.25) is 0 Å². The summed E-state index contributed by atoms with van der Waals surface area (Å²) < 4.78 is 49.4. The molecule has 0 N–H and O–H groups in total. The van der Waals surface area contributed by atoms with Gasteiger partial charge in [0.15, 0.2) is 5.69 Å². The lowest BCUT2D eigenvalue weighted by Gasteiger charge is -2.22. The zero-order chi connectivity index (χ0) is 46.3. The van der Waals surface area contributed by atoms with Gasteiger partial charge < -0.3 is 9.13 Å². The second-order valence-corrected chi connectivity index (χ2v) is 17.8. The topological polar surface area (TPSA) is 14.2 Å². The minimum atomic E-state index is -4.60. The maximum absolute atomic E-state index is 15.0. The summed E-state index contributed by atoms with van der Waals surface area (Å²) in [5.74, 6) is 0. The monoisotopic (exact) mass is 875 g/mol. The Balaban J connectivity index is 1.24. The molecule has 67 heavy (non-hydrogen) atoms. The molecule has 6 heteroatoms. The molecule has 0 unspecified atom stereocenters. The Hall–Kier alpha value is -8.14. The zero-order valence-corrected chi connectivity index (χ0v) is 37.7. The fourth-order valence-corrected chi connectivity index (χ4v) is 10.5. The molecule has 0 saturated heterocycles. The fourth-order valence-electron chi connectivity index (χ4n) is 10.5. The van der Waals surface area contributed by atoms with Crippen molar-refractivity contribution in [2.45, 2.75) is 40.8 Å². The number of hydrogen-bond donors (Lipinski definition) is 0. The quantitative estimate of drug-likeness (QED) is 0.148. The van der Waals surface area contributed by atoms with Crippen molar-refractivity contribution in [1.29, 1.82) is 0 Å². The molecular weight excluding hydrogens is 832 g/mol. The van der Waals surface area contributed by atoms with Crippen molar-refractivity contribution >= 4 is 49.3 Å². The van der Waals surface area contributed by atoms with E-state index in [4.69, 9.17) is 6.57 Å². The Labute approximate surface area is 387 Å². The summed E-state index contributed by atoms with van der Waals surface area (Å²) in [5, 5.41) is 4.19. The standard InChI is InChI=1S/C61H44F3N3/c1-36-21-26-44(39(4)31-36)41-23-28-55-48(33-41)46-14-7-9-18-53(46)66(55)57-30-25-43(59-38(3)13-11-16-51(59)61(62,63)64)35-50(57)60-52(65-6)17-12-20-58(60)67-54-19-10-8-15-47(54)49-34-42(24-29-56(49)67)45-27-22-37(2)32-40(45)5/h7-35H,1-5H3. The first-order chi connectivity index (χ1) is 32.4. The predicted molar refractivity (Wildman–Crippen MR) is 272 cm³/mol. The highest BCUT2D eigenvalue weighted by molar-refractivity contribution is 6.13. The summed E-state index contributed by atoms with van der Waals surface area (Å²) in [7, 11) is 0. The number of benzene rings is 9. The molecule has 0 radical (unpaired) electrons. The molecule has 0 aliphatic heterocycles. The molecule has 0 saturated carbocycles. The highest BCUT2D eigenvalue weighted by Gasteiger charge is 2.35. The lowest BCUT2D eigenvalue weighted by atomic mass is 9.90. The Bertz CT molecular complexity index is 3870. The summed E-state index contributed by atoms with van der Waals surface area (Å²) >= 11 is 0. The van der Waals surface area contributed by atoms with Gasteiger partial charge in [0, 0.05) is 32.8 Å². The van der Waals surface area contributed by atoms with Crippen molar-refractivity contribution < 1.29 is 13.2 Å². The van der Waals surface area contributed by atoms with E-state index in [0.717, 1.165) is 83.3 Å². The largest absolute Gasteiger partial charge is 0.417 e. The van der Waals surface area contributed by atoms with Crippen LogP contribution in [-0.2, 0) is 6.18 Å². The molecule has 0 spiro atoms. The van der Waals surface area contributed by atoms with Gasteiger partial charge in [-0.1, -0.05) is 126 Å². The third kappa shape index (κ3) is 6.81. The first kappa shape index (κ1) is 41.6. The second kappa shape index (κ2) is 15.8. The van der Waals surface area contributed by atoms with Crippen LogP contribution in [0.2, 0.25) is 0 Å². The lowest BCUT2D eigenvalue weighted by molar-refractivity contribution is -0.137. The number of fused-ring (bicyclic) bond motifs is 6. The van der Waals surface area contributed by atoms with Crippen molar-refractivity contribution in [2.75, 3.05) is 0 Å². The van der Waals surface area contributed by atoms with E-state index in [1.807, 2.05) is 54.6 Å². The molecule has 0 fully saturated rings. The summed E-state index contributed by atoms with van der Waals surface area (Å²) in [4.78, 5) is 4.18. The maximum Gasteiger partial charge on any atom is 0.417 e. The van der Waals surface area contributed by atoms with Crippen molar-refractivity contribution in [3.63, 3.8) is 0 Å². The molecule has 324 valence electrons. The molecule has 0 aliphatic carbocycles. The van der Waals surface area contributed by atoms with Crippen molar-refractivity contribution in [3.8, 4) is 55.9 Å². The average Bonchev–Trinajstić information content (AvgIpc) is 3.83. The van der Waals surface area contributed by atoms with E-state index in [0.29, 0.717) is 27.9 Å². The minimum absolute atomic E-state index is 0.112. The first-order valence-corrected chi connectivity index (χ1v) is 22.4. The summed E-state index contributed by atoms with van der Waals surface area (Å²) in [6, 6.07) is 58.4. The normalized spacial score (nSPS) is 11.9. The maximum atomic E-state index is 15.0. The van der Waals surface area contributed by atoms with Gasteiger partial charge in [-0.2, -0.15) is 13.2 Å². The van der Waals surface area contributed by atoms with E-state index < -0.39 is 11.7 Å². The number of hydrogen-bond acceptors (Lipinski definition) is 0. The lowest BCUT2D eigenvalue weighted by Crippen LogP contribution is -2.08. The van der Waals surface area contributed by atoms with Crippen molar-refractivity contribution in [1.82, 2.24) is 9.13 Å². The van der Waals surface area contributed by atoms with Gasteiger partial charge in [0.25, 0.3) is 0 Å². The fraction of sp³-hybridized carbons (Fsp3) is 0.0984. The van der Waals surface area contributed by atoms with Gasteiger partial charge in [-0.05, 0) is 151 Å². The molecule has 0 aliphatic rings. The summed E-state index contributed by atoms with van der Waals surface area (Å²) in [6.45, 7) is 18.9. The van der Waals surface area contributed by atoms with E-state index >= 15 is 0 Å². The highest BCUT2D eigenvalue weighted by atomic mass is 19.4. The number of para-hydroxylation sites is 2. The van der Waals surface area contributed by atoms with Crippen molar-refractivity contribution in [3.05, 3.63) is 221 Å². The predicted octanol–water partition coefficient (Wildman–Crippen LogP) is 17.7. The van der Waals surface area contributed by atoms with Crippen LogP contribution < -0.4 is 0 Å². The summed E-state index contributed by atoms with van der Waals surface area (Å²) in [5.41, 5.74) is 16.5. The van der Waals surface area contributed by atoms with Gasteiger partial charge in [-0.25, -0.2) is 4.85 Å². The minimum Gasteiger partial charge on any atom is -0.310 e. The number of alkyl halides is 3. The molecular formula is C61H44F3N3. The van der Waals surface area contributed by atoms with Gasteiger partial charge in [-0.3, -0.25) is 0 Å². The van der Waals surface area contributed by atoms with Crippen LogP contribution in [0, 0.1) is 41.2 Å². The van der Waals surface area contributed by atoms with Crippen LogP contribution in [0.15, 0.2) is 176 Å². The Morgan fingerprint density at radius 2 is 0.925 bits per heavy atom. The Morgan fingerprint density at radius 1 is 0.403 bits per heavy atom. The first-order valence-electron chi connectivity index (χ1n) is 22.4. The Kier molecular flexibility index (Phi) is 9.79. The third-order valence-corrected chi connectivity index (χ3v) is 13.5. The SMILES string of the molecule is [C-]#[N+]c1cccc(-n2c3ccccc3c3cc(-c4ccc(C)cc4C)ccc32)c1-c1cc(-c2c(C)cccc2C(F)(F)F)ccc1-n1c2ccccc2c2cc(-c3ccc(C)cc3C)ccc21. The van der Waals surface area contributed by atoms with E-state index in [-0.39, 0.29) is 5.56 Å². The number of nitrogens with zero attached hydrogens (tertiary/aromatic N) is 3. The number of rotatable bonds is 6. The molecule has 11 aromatic rings. The van der Waals surface area contributed by atoms with Gasteiger partial charge in [-0.15, -0.1) is 0 Å². The number of halogens is 3. The molecule has 0 bridgehead atoms. The molecule has 11 rings (SSSR count). The number of aryl methyl sites for hydroxylation is 5. The van der Waals surface area contributed by atoms with E-state index in [1.165, 1.54) is 28.3 Å². The molecule has 9 aromatic carbocycles. The molecule has 2 heterocycles. The molecule has 0 amide bonds. The Morgan fingerprint density at radius 3 is 1.48 bits per heavy atom. The molecule has 3 nitrogen and oxygen atoms in total. The molecule has 2 aromatic heterocycles. The second-order valence-electron chi connectivity index (χ2n) is 17.8. The summed E-state index contributed by atoms with van der Waals surface area (Å²) in [6.07, 6.45) is -4.60. The molecule has 0 atom stereocenters. The van der Waals surface area contributed by atoms with E-state index in [1.54, 1.807) is 19.1 Å². The van der Waals surface area contributed by atoms with Gasteiger partial charge in [0.05, 0.1) is 39.9 Å². The zero-order valence-electron chi connectivity index (χ0n) is 37.7. The van der Waals surface area contributed by atoms with E-state index in [9.17, 15) is 13.2 Å². The number of aromatic nitrogens is 2. The van der Waals surface area contributed by atoms with Crippen LogP contribution in [0.4, 0.5) is 18.9 Å². The van der Waals surface area contributed by atoms with Crippen molar-refractivity contribution in [2.24, 2.45) is 0 Å². The van der Waals surface area contributed by atoms with Crippen LogP contribution >= 0.6 is 0 Å². The van der Waals surface area contributed by atoms with Crippen LogP contribution in [-0.4, -0.2) is 9.13 Å². The van der Waals surface area contributed by atoms with E-state index in [2.05, 4.69) is 139 Å². The smallest absolute Gasteiger partial charge is 0.310 e. The van der Waals surface area contributed by atoms with Crippen LogP contribution in [0.1, 0.15) is 33.4 Å².